The van der Waals surface area contributed by atoms with Gasteiger partial charge in [0.2, 0.25) is 0 Å². The molecule has 120 valence electrons. The minimum atomic E-state index is -0.258. The summed E-state index contributed by atoms with van der Waals surface area (Å²) in [6, 6.07) is 1.91. The zero-order valence-electron chi connectivity index (χ0n) is 14.1. The second-order valence-electron chi connectivity index (χ2n) is 6.87. The zero-order chi connectivity index (χ0) is 16.0. The van der Waals surface area contributed by atoms with Gasteiger partial charge in [-0.1, -0.05) is 0 Å². The quantitative estimate of drug-likeness (QED) is 0.812. The second-order valence-corrected chi connectivity index (χ2v) is 6.87. The van der Waals surface area contributed by atoms with Gasteiger partial charge in [0.25, 0.3) is 0 Å². The predicted octanol–water partition coefficient (Wildman–Crippen LogP) is 2.86. The van der Waals surface area contributed by atoms with Crippen molar-refractivity contribution in [2.45, 2.75) is 52.2 Å². The summed E-state index contributed by atoms with van der Waals surface area (Å²) >= 11 is 0. The van der Waals surface area contributed by atoms with Crippen molar-refractivity contribution < 1.29 is 4.39 Å². The van der Waals surface area contributed by atoms with Gasteiger partial charge in [-0.3, -0.25) is 0 Å². The van der Waals surface area contributed by atoms with Crippen LogP contribution in [0.2, 0.25) is 0 Å². The minimum absolute atomic E-state index is 0.0394. The van der Waals surface area contributed by atoms with Gasteiger partial charge in [-0.05, 0) is 60.8 Å². The maximum Gasteiger partial charge on any atom is 0.169 e. The highest BCUT2D eigenvalue weighted by atomic mass is 19.1. The molecule has 5 heteroatoms. The first-order valence-corrected chi connectivity index (χ1v) is 7.48. The van der Waals surface area contributed by atoms with Gasteiger partial charge in [0.05, 0.1) is 0 Å². The Hall–Kier alpha value is -1.20. The molecule has 1 rings (SSSR count). The smallest absolute Gasteiger partial charge is 0.169 e. The average molecular weight is 296 g/mol. The summed E-state index contributed by atoms with van der Waals surface area (Å²) in [5.74, 6) is 0.0837. The van der Waals surface area contributed by atoms with E-state index in [-0.39, 0.29) is 17.4 Å². The molecule has 0 aliphatic rings. The van der Waals surface area contributed by atoms with Crippen molar-refractivity contribution in [3.05, 3.63) is 23.6 Å². The fourth-order valence-electron chi connectivity index (χ4n) is 1.84. The molecule has 0 saturated heterocycles. The number of rotatable bonds is 7. The predicted molar refractivity (Wildman–Crippen MR) is 87.0 cm³/mol. The van der Waals surface area contributed by atoms with E-state index in [4.69, 9.17) is 0 Å². The van der Waals surface area contributed by atoms with Gasteiger partial charge in [-0.25, -0.2) is 9.37 Å². The number of hydrogen-bond acceptors (Lipinski definition) is 4. The number of anilines is 1. The minimum Gasteiger partial charge on any atom is -0.365 e. The third-order valence-electron chi connectivity index (χ3n) is 3.17. The van der Waals surface area contributed by atoms with E-state index >= 15 is 0 Å². The lowest BCUT2D eigenvalue weighted by Crippen LogP contribution is -2.35. The first kappa shape index (κ1) is 17.9. The largest absolute Gasteiger partial charge is 0.365 e. The molecular formula is C16H29FN4. The number of nitrogens with zero attached hydrogens (tertiary/aromatic N) is 2. The fraction of sp³-hybridized carbons (Fsp3) is 0.688. The van der Waals surface area contributed by atoms with Crippen molar-refractivity contribution >= 4 is 5.82 Å². The van der Waals surface area contributed by atoms with E-state index in [1.165, 1.54) is 0 Å². The Bertz CT molecular complexity index is 440. The van der Waals surface area contributed by atoms with Crippen LogP contribution in [0, 0.1) is 5.82 Å². The number of hydrogen-bond donors (Lipinski definition) is 2. The second kappa shape index (κ2) is 7.71. The first-order valence-electron chi connectivity index (χ1n) is 7.48. The van der Waals surface area contributed by atoms with Gasteiger partial charge in [-0.15, -0.1) is 0 Å². The Kier molecular flexibility index (Phi) is 6.55. The van der Waals surface area contributed by atoms with Crippen LogP contribution in [-0.4, -0.2) is 42.1 Å². The Morgan fingerprint density at radius 3 is 2.57 bits per heavy atom. The van der Waals surface area contributed by atoms with E-state index in [9.17, 15) is 4.39 Å². The molecule has 0 amide bonds. The molecule has 21 heavy (non-hydrogen) atoms. The van der Waals surface area contributed by atoms with Crippen molar-refractivity contribution in [3.63, 3.8) is 0 Å². The number of nitrogens with one attached hydrogen (secondary N) is 2. The highest BCUT2D eigenvalue weighted by Crippen LogP contribution is 2.17. The molecular weight excluding hydrogens is 267 g/mol. The van der Waals surface area contributed by atoms with E-state index in [1.807, 2.05) is 21.0 Å². The lowest BCUT2D eigenvalue weighted by atomic mass is 10.1. The lowest BCUT2D eigenvalue weighted by Gasteiger charge is -2.22. The molecule has 0 bridgehead atoms. The molecule has 1 aromatic heterocycles. The van der Waals surface area contributed by atoms with Crippen molar-refractivity contribution in [3.8, 4) is 0 Å². The van der Waals surface area contributed by atoms with Crippen molar-refractivity contribution in [1.82, 2.24) is 15.2 Å². The van der Waals surface area contributed by atoms with Gasteiger partial charge >= 0.3 is 0 Å². The Labute approximate surface area is 128 Å². The van der Waals surface area contributed by atoms with Crippen LogP contribution < -0.4 is 10.6 Å². The monoisotopic (exact) mass is 296 g/mol. The van der Waals surface area contributed by atoms with E-state index in [1.54, 1.807) is 12.3 Å². The third kappa shape index (κ3) is 6.87. The molecule has 1 aromatic rings. The van der Waals surface area contributed by atoms with Crippen molar-refractivity contribution in [1.29, 1.82) is 0 Å². The van der Waals surface area contributed by atoms with E-state index < -0.39 is 0 Å². The molecule has 4 nitrogen and oxygen atoms in total. The lowest BCUT2D eigenvalue weighted by molar-refractivity contribution is 0.390. The van der Waals surface area contributed by atoms with E-state index in [0.29, 0.717) is 17.9 Å². The molecule has 0 saturated carbocycles. The normalized spacial score (nSPS) is 13.5. The molecule has 0 aromatic carbocycles. The highest BCUT2D eigenvalue weighted by Gasteiger charge is 2.14. The topological polar surface area (TPSA) is 40.2 Å². The maximum atomic E-state index is 14.4. The van der Waals surface area contributed by atoms with Crippen LogP contribution in [0.15, 0.2) is 12.3 Å². The van der Waals surface area contributed by atoms with Crippen LogP contribution in [0.1, 0.15) is 39.7 Å². The summed E-state index contributed by atoms with van der Waals surface area (Å²) in [4.78, 5) is 6.24. The molecule has 2 N–H and O–H groups in total. The third-order valence-corrected chi connectivity index (χ3v) is 3.17. The molecule has 0 aliphatic heterocycles. The number of halogens is 1. The SMILES string of the molecule is CC(CCN(C)C)Nc1nccc(CNC(C)(C)C)c1F. The fourth-order valence-corrected chi connectivity index (χ4v) is 1.84. The van der Waals surface area contributed by atoms with Gasteiger partial charge in [0.1, 0.15) is 0 Å². The summed E-state index contributed by atoms with van der Waals surface area (Å²) in [6.45, 7) is 9.70. The van der Waals surface area contributed by atoms with Crippen molar-refractivity contribution in [2.24, 2.45) is 0 Å². The van der Waals surface area contributed by atoms with Crippen molar-refractivity contribution in [2.75, 3.05) is 26.0 Å². The van der Waals surface area contributed by atoms with Gasteiger partial charge < -0.3 is 15.5 Å². The Balaban J connectivity index is 2.67. The maximum absolute atomic E-state index is 14.4. The van der Waals surface area contributed by atoms with Crippen LogP contribution >= 0.6 is 0 Å². The van der Waals surface area contributed by atoms with Gasteiger partial charge in [0.15, 0.2) is 11.6 Å². The first-order chi connectivity index (χ1) is 9.69. The van der Waals surface area contributed by atoms with E-state index in [2.05, 4.69) is 41.3 Å². The van der Waals surface area contributed by atoms with Crippen LogP contribution in [0.5, 0.6) is 0 Å². The molecule has 1 unspecified atom stereocenters. The summed E-state index contributed by atoms with van der Waals surface area (Å²) in [5.41, 5.74) is 0.602. The summed E-state index contributed by atoms with van der Waals surface area (Å²) in [6.07, 6.45) is 2.60. The Morgan fingerprint density at radius 1 is 1.33 bits per heavy atom. The summed E-state index contributed by atoms with van der Waals surface area (Å²) in [7, 11) is 4.06. The van der Waals surface area contributed by atoms with E-state index in [0.717, 1.165) is 13.0 Å². The summed E-state index contributed by atoms with van der Waals surface area (Å²) in [5, 5.41) is 6.46. The van der Waals surface area contributed by atoms with Crippen LogP contribution in [0.25, 0.3) is 0 Å². The molecule has 1 heterocycles. The van der Waals surface area contributed by atoms with Crippen LogP contribution in [0.3, 0.4) is 0 Å². The molecule has 0 fully saturated rings. The Morgan fingerprint density at radius 2 is 2.00 bits per heavy atom. The van der Waals surface area contributed by atoms with Crippen LogP contribution in [-0.2, 0) is 6.54 Å². The highest BCUT2D eigenvalue weighted by molar-refractivity contribution is 5.40. The number of aromatic nitrogens is 1. The van der Waals surface area contributed by atoms with Gasteiger partial charge in [-0.2, -0.15) is 0 Å². The number of pyridine rings is 1. The zero-order valence-corrected chi connectivity index (χ0v) is 14.1. The molecule has 1 atom stereocenters. The molecule has 0 spiro atoms. The summed E-state index contributed by atoms with van der Waals surface area (Å²) < 4.78 is 14.4. The molecule has 0 radical (unpaired) electrons. The molecule has 0 aliphatic carbocycles. The van der Waals surface area contributed by atoms with Crippen LogP contribution in [0.4, 0.5) is 10.2 Å². The van der Waals surface area contributed by atoms with Gasteiger partial charge in [0, 0.05) is 29.9 Å². The standard InChI is InChI=1S/C16H29FN4/c1-12(8-10-21(5)6)20-15-14(17)13(7-9-18-15)11-19-16(2,3)4/h7,9,12,19H,8,10-11H2,1-6H3,(H,18,20). The average Bonchev–Trinajstić information content (AvgIpc) is 2.36.